The van der Waals surface area contributed by atoms with Crippen LogP contribution in [0.5, 0.6) is 0 Å². The van der Waals surface area contributed by atoms with E-state index in [1.54, 1.807) is 18.7 Å². The van der Waals surface area contributed by atoms with E-state index in [9.17, 15) is 8.42 Å². The zero-order valence-electron chi connectivity index (χ0n) is 14.3. The monoisotopic (exact) mass is 357 g/mol. The van der Waals surface area contributed by atoms with Crippen LogP contribution in [0.1, 0.15) is 25.0 Å². The highest BCUT2D eigenvalue weighted by molar-refractivity contribution is 7.98. The first-order chi connectivity index (χ1) is 10.9. The molecule has 7 heteroatoms. The largest absolute Gasteiger partial charge is 0.357 e. The number of benzene rings is 1. The minimum Gasteiger partial charge on any atom is -0.357 e. The molecule has 130 valence electrons. The number of aliphatic imine (C=N–C) groups is 1. The molecule has 0 spiro atoms. The maximum atomic E-state index is 11.5. The SMILES string of the molecule is CCNC(=NCc1ccc(C)cc1SC)NCCS(=O)(=O)CC. The van der Waals surface area contributed by atoms with Crippen LogP contribution in [-0.4, -0.2) is 45.2 Å². The molecule has 0 bridgehead atoms. The molecular weight excluding hydrogens is 330 g/mol. The van der Waals surface area contributed by atoms with Gasteiger partial charge in [-0.05, 0) is 37.3 Å². The van der Waals surface area contributed by atoms with E-state index in [0.29, 0.717) is 19.0 Å². The van der Waals surface area contributed by atoms with Crippen LogP contribution < -0.4 is 10.6 Å². The summed E-state index contributed by atoms with van der Waals surface area (Å²) in [7, 11) is -2.96. The fourth-order valence-electron chi connectivity index (χ4n) is 1.96. The van der Waals surface area contributed by atoms with E-state index in [0.717, 1.165) is 6.54 Å². The van der Waals surface area contributed by atoms with Crippen LogP contribution in [0, 0.1) is 6.92 Å². The fraction of sp³-hybridized carbons (Fsp3) is 0.562. The van der Waals surface area contributed by atoms with E-state index in [4.69, 9.17) is 0 Å². The van der Waals surface area contributed by atoms with Gasteiger partial charge in [0.2, 0.25) is 0 Å². The highest BCUT2D eigenvalue weighted by Crippen LogP contribution is 2.22. The molecular formula is C16H27N3O2S2. The smallest absolute Gasteiger partial charge is 0.191 e. The second-order valence-electron chi connectivity index (χ2n) is 5.17. The number of hydrogen-bond acceptors (Lipinski definition) is 4. The zero-order valence-corrected chi connectivity index (χ0v) is 16.0. The van der Waals surface area contributed by atoms with Gasteiger partial charge in [-0.3, -0.25) is 0 Å². The molecule has 1 rings (SSSR count). The van der Waals surface area contributed by atoms with E-state index < -0.39 is 9.84 Å². The molecule has 0 heterocycles. The van der Waals surface area contributed by atoms with Crippen LogP contribution in [0.25, 0.3) is 0 Å². The fourth-order valence-corrected chi connectivity index (χ4v) is 3.36. The number of hydrogen-bond donors (Lipinski definition) is 2. The van der Waals surface area contributed by atoms with Crippen molar-refractivity contribution in [3.63, 3.8) is 0 Å². The molecule has 0 aliphatic rings. The Labute approximate surface area is 144 Å². The molecule has 5 nitrogen and oxygen atoms in total. The van der Waals surface area contributed by atoms with E-state index in [2.05, 4.69) is 47.0 Å². The van der Waals surface area contributed by atoms with Gasteiger partial charge >= 0.3 is 0 Å². The number of nitrogens with one attached hydrogen (secondary N) is 2. The molecule has 0 saturated carbocycles. The molecule has 23 heavy (non-hydrogen) atoms. The van der Waals surface area contributed by atoms with Crippen molar-refractivity contribution in [2.75, 3.05) is 30.9 Å². The Kier molecular flexibility index (Phi) is 8.47. The molecule has 0 unspecified atom stereocenters. The molecule has 0 radical (unpaired) electrons. The Morgan fingerprint density at radius 2 is 2.00 bits per heavy atom. The van der Waals surface area contributed by atoms with Crippen molar-refractivity contribution >= 4 is 27.6 Å². The molecule has 0 aliphatic carbocycles. The number of nitrogens with zero attached hydrogens (tertiary/aromatic N) is 1. The van der Waals surface area contributed by atoms with Crippen LogP contribution >= 0.6 is 11.8 Å². The van der Waals surface area contributed by atoms with Gasteiger partial charge in [-0.2, -0.15) is 0 Å². The van der Waals surface area contributed by atoms with Gasteiger partial charge in [-0.1, -0.05) is 19.1 Å². The Morgan fingerprint density at radius 3 is 2.61 bits per heavy atom. The van der Waals surface area contributed by atoms with Crippen molar-refractivity contribution in [3.05, 3.63) is 29.3 Å². The average molecular weight is 358 g/mol. The Balaban J connectivity index is 2.72. The van der Waals surface area contributed by atoms with Gasteiger partial charge < -0.3 is 10.6 Å². The summed E-state index contributed by atoms with van der Waals surface area (Å²) >= 11 is 1.71. The molecule has 1 aromatic rings. The summed E-state index contributed by atoms with van der Waals surface area (Å²) in [5.74, 6) is 0.934. The summed E-state index contributed by atoms with van der Waals surface area (Å²) < 4.78 is 23.1. The second-order valence-corrected chi connectivity index (χ2v) is 8.49. The first kappa shape index (κ1) is 19.8. The predicted octanol–water partition coefficient (Wildman–Crippen LogP) is 2.21. The van der Waals surface area contributed by atoms with Crippen LogP contribution in [0.2, 0.25) is 0 Å². The summed E-state index contributed by atoms with van der Waals surface area (Å²) in [4.78, 5) is 5.77. The van der Waals surface area contributed by atoms with Gasteiger partial charge in [0.15, 0.2) is 15.8 Å². The van der Waals surface area contributed by atoms with Crippen molar-refractivity contribution in [1.29, 1.82) is 0 Å². The Morgan fingerprint density at radius 1 is 1.26 bits per heavy atom. The molecule has 1 aromatic carbocycles. The standard InChI is InChI=1S/C16H27N3O2S2/c1-5-17-16(18-9-10-23(20,21)6-2)19-12-14-8-7-13(3)11-15(14)22-4/h7-8,11H,5-6,9-10,12H2,1-4H3,(H2,17,18,19). The topological polar surface area (TPSA) is 70.6 Å². The van der Waals surface area contributed by atoms with Crippen molar-refractivity contribution in [1.82, 2.24) is 10.6 Å². The number of rotatable bonds is 8. The number of aryl methyl sites for hydroxylation is 1. The summed E-state index contributed by atoms with van der Waals surface area (Å²) in [5, 5.41) is 6.23. The highest BCUT2D eigenvalue weighted by atomic mass is 32.2. The molecule has 0 aromatic heterocycles. The van der Waals surface area contributed by atoms with Gasteiger partial charge in [0.05, 0.1) is 12.3 Å². The third-order valence-electron chi connectivity index (χ3n) is 3.34. The zero-order chi connectivity index (χ0) is 17.3. The number of sulfone groups is 1. The molecule has 0 fully saturated rings. The van der Waals surface area contributed by atoms with Crippen molar-refractivity contribution in [2.24, 2.45) is 4.99 Å². The van der Waals surface area contributed by atoms with E-state index >= 15 is 0 Å². The molecule has 2 N–H and O–H groups in total. The summed E-state index contributed by atoms with van der Waals surface area (Å²) in [6.45, 7) is 7.38. The quantitative estimate of drug-likeness (QED) is 0.424. The lowest BCUT2D eigenvalue weighted by Gasteiger charge is -2.12. The van der Waals surface area contributed by atoms with Crippen LogP contribution in [0.3, 0.4) is 0 Å². The molecule has 0 amide bonds. The van der Waals surface area contributed by atoms with Crippen molar-refractivity contribution < 1.29 is 8.42 Å². The Bertz CT molecular complexity index is 628. The molecule has 0 aliphatic heterocycles. The maximum absolute atomic E-state index is 11.5. The summed E-state index contributed by atoms with van der Waals surface area (Å²) in [5.41, 5.74) is 2.40. The number of thioether (sulfide) groups is 1. The van der Waals surface area contributed by atoms with Crippen LogP contribution in [0.15, 0.2) is 28.1 Å². The lowest BCUT2D eigenvalue weighted by atomic mass is 10.1. The predicted molar refractivity (Wildman–Crippen MR) is 100 cm³/mol. The third kappa shape index (κ3) is 7.26. The summed E-state index contributed by atoms with van der Waals surface area (Å²) in [6, 6.07) is 6.33. The van der Waals surface area contributed by atoms with E-state index in [-0.39, 0.29) is 11.5 Å². The minimum atomic E-state index is -2.96. The van der Waals surface area contributed by atoms with E-state index in [1.807, 2.05) is 6.92 Å². The van der Waals surface area contributed by atoms with Gasteiger partial charge in [0.25, 0.3) is 0 Å². The molecule has 0 saturated heterocycles. The normalized spacial score (nSPS) is 12.3. The Hall–Kier alpha value is -1.21. The first-order valence-corrected chi connectivity index (χ1v) is 10.8. The van der Waals surface area contributed by atoms with Crippen LogP contribution in [0.4, 0.5) is 0 Å². The minimum absolute atomic E-state index is 0.120. The lowest BCUT2D eigenvalue weighted by molar-refractivity contribution is 0.595. The van der Waals surface area contributed by atoms with E-state index in [1.165, 1.54) is 16.0 Å². The summed E-state index contributed by atoms with van der Waals surface area (Å²) in [6.07, 6.45) is 2.06. The third-order valence-corrected chi connectivity index (χ3v) is 5.87. The van der Waals surface area contributed by atoms with Gasteiger partial charge in [-0.25, -0.2) is 13.4 Å². The second kappa shape index (κ2) is 9.82. The molecule has 0 atom stereocenters. The van der Waals surface area contributed by atoms with Gasteiger partial charge in [0, 0.05) is 23.7 Å². The van der Waals surface area contributed by atoms with Gasteiger partial charge in [0.1, 0.15) is 0 Å². The first-order valence-electron chi connectivity index (χ1n) is 7.78. The highest BCUT2D eigenvalue weighted by Gasteiger charge is 2.07. The van der Waals surface area contributed by atoms with Crippen molar-refractivity contribution in [3.8, 4) is 0 Å². The lowest BCUT2D eigenvalue weighted by Crippen LogP contribution is -2.39. The number of guanidine groups is 1. The van der Waals surface area contributed by atoms with Crippen molar-refractivity contribution in [2.45, 2.75) is 32.2 Å². The van der Waals surface area contributed by atoms with Crippen LogP contribution in [-0.2, 0) is 16.4 Å². The maximum Gasteiger partial charge on any atom is 0.191 e. The van der Waals surface area contributed by atoms with Gasteiger partial charge in [-0.15, -0.1) is 11.8 Å². The average Bonchev–Trinajstić information content (AvgIpc) is 2.53.